The molecule has 0 unspecified atom stereocenters. The number of carbonyl (C=O) groups is 1. The maximum atomic E-state index is 11.9. The van der Waals surface area contributed by atoms with E-state index in [1.807, 2.05) is 31.3 Å². The number of anilines is 1. The summed E-state index contributed by atoms with van der Waals surface area (Å²) in [4.78, 5) is 11.9. The summed E-state index contributed by atoms with van der Waals surface area (Å²) in [6.45, 7) is 0.805. The third-order valence-electron chi connectivity index (χ3n) is 3.51. The highest BCUT2D eigenvalue weighted by atomic mass is 16.2. The molecule has 4 heteroatoms. The van der Waals surface area contributed by atoms with Crippen molar-refractivity contribution in [1.29, 1.82) is 0 Å². The molecule has 0 bridgehead atoms. The summed E-state index contributed by atoms with van der Waals surface area (Å²) in [6.07, 6.45) is 5.96. The molecule has 104 valence electrons. The van der Waals surface area contributed by atoms with Crippen LogP contribution in [0.1, 0.15) is 37.7 Å². The predicted octanol–water partition coefficient (Wildman–Crippen LogP) is 2.86. The van der Waals surface area contributed by atoms with Gasteiger partial charge in [-0.1, -0.05) is 31.4 Å². The first-order valence-corrected chi connectivity index (χ1v) is 7.09. The van der Waals surface area contributed by atoms with Crippen LogP contribution in [0.15, 0.2) is 24.3 Å². The molecule has 1 aromatic rings. The Balaban J connectivity index is 1.85. The summed E-state index contributed by atoms with van der Waals surface area (Å²) < 4.78 is 0. The molecule has 0 aromatic heterocycles. The van der Waals surface area contributed by atoms with E-state index in [4.69, 9.17) is 0 Å². The minimum absolute atomic E-state index is 0.0893. The van der Waals surface area contributed by atoms with Gasteiger partial charge < -0.3 is 16.0 Å². The van der Waals surface area contributed by atoms with E-state index in [9.17, 15) is 4.79 Å². The van der Waals surface area contributed by atoms with E-state index >= 15 is 0 Å². The van der Waals surface area contributed by atoms with Crippen molar-refractivity contribution in [3.05, 3.63) is 29.8 Å². The maximum absolute atomic E-state index is 11.9. The van der Waals surface area contributed by atoms with E-state index in [0.717, 1.165) is 30.6 Å². The third-order valence-corrected chi connectivity index (χ3v) is 3.51. The zero-order valence-electron chi connectivity index (χ0n) is 11.5. The van der Waals surface area contributed by atoms with Gasteiger partial charge in [0, 0.05) is 18.3 Å². The first kappa shape index (κ1) is 13.9. The fraction of sp³-hybridized carbons (Fsp3) is 0.533. The maximum Gasteiger partial charge on any atom is 0.319 e. The molecule has 0 saturated heterocycles. The number of rotatable bonds is 4. The molecule has 1 saturated carbocycles. The summed E-state index contributed by atoms with van der Waals surface area (Å²) in [7, 11) is 1.91. The number of carbonyl (C=O) groups excluding carboxylic acids is 1. The predicted molar refractivity (Wildman–Crippen MR) is 78.2 cm³/mol. The van der Waals surface area contributed by atoms with Gasteiger partial charge >= 0.3 is 6.03 Å². The van der Waals surface area contributed by atoms with Crippen LogP contribution in [0.25, 0.3) is 0 Å². The van der Waals surface area contributed by atoms with Gasteiger partial charge in [-0.25, -0.2) is 4.79 Å². The van der Waals surface area contributed by atoms with Crippen LogP contribution in [0.5, 0.6) is 0 Å². The van der Waals surface area contributed by atoms with Crippen LogP contribution in [0.3, 0.4) is 0 Å². The largest absolute Gasteiger partial charge is 0.335 e. The van der Waals surface area contributed by atoms with Gasteiger partial charge in [0.1, 0.15) is 0 Å². The van der Waals surface area contributed by atoms with Gasteiger partial charge in [-0.3, -0.25) is 0 Å². The number of hydrogen-bond donors (Lipinski definition) is 3. The first-order chi connectivity index (χ1) is 9.28. The Morgan fingerprint density at radius 3 is 2.79 bits per heavy atom. The quantitative estimate of drug-likeness (QED) is 0.780. The lowest BCUT2D eigenvalue weighted by Gasteiger charge is -2.22. The van der Waals surface area contributed by atoms with Crippen molar-refractivity contribution in [2.24, 2.45) is 0 Å². The molecule has 3 N–H and O–H groups in total. The van der Waals surface area contributed by atoms with Crippen LogP contribution in [0, 0.1) is 0 Å². The molecule has 1 aliphatic rings. The fourth-order valence-electron chi connectivity index (χ4n) is 2.56. The molecule has 1 aliphatic carbocycles. The summed E-state index contributed by atoms with van der Waals surface area (Å²) in [6, 6.07) is 8.17. The second-order valence-electron chi connectivity index (χ2n) is 5.16. The van der Waals surface area contributed by atoms with Crippen molar-refractivity contribution in [1.82, 2.24) is 10.6 Å². The number of urea groups is 1. The molecule has 1 fully saturated rings. The fourth-order valence-corrected chi connectivity index (χ4v) is 2.56. The van der Waals surface area contributed by atoms with E-state index in [1.165, 1.54) is 19.3 Å². The zero-order valence-corrected chi connectivity index (χ0v) is 11.5. The number of benzene rings is 1. The molecule has 0 spiro atoms. The van der Waals surface area contributed by atoms with Crippen molar-refractivity contribution in [2.75, 3.05) is 12.4 Å². The molecule has 4 nitrogen and oxygen atoms in total. The summed E-state index contributed by atoms with van der Waals surface area (Å²) in [5, 5.41) is 9.07. The highest BCUT2D eigenvalue weighted by molar-refractivity contribution is 5.89. The van der Waals surface area contributed by atoms with E-state index < -0.39 is 0 Å². The van der Waals surface area contributed by atoms with Gasteiger partial charge in [-0.2, -0.15) is 0 Å². The molecule has 2 amide bonds. The normalized spacial score (nSPS) is 16.1. The Labute approximate surface area is 115 Å². The van der Waals surface area contributed by atoms with Crippen LogP contribution < -0.4 is 16.0 Å². The van der Waals surface area contributed by atoms with E-state index in [1.54, 1.807) is 0 Å². The third kappa shape index (κ3) is 4.56. The Morgan fingerprint density at radius 2 is 2.05 bits per heavy atom. The van der Waals surface area contributed by atoms with Crippen LogP contribution in [0.2, 0.25) is 0 Å². The van der Waals surface area contributed by atoms with Gasteiger partial charge in [0.15, 0.2) is 0 Å². The second-order valence-corrected chi connectivity index (χ2v) is 5.16. The van der Waals surface area contributed by atoms with Crippen molar-refractivity contribution < 1.29 is 4.79 Å². The first-order valence-electron chi connectivity index (χ1n) is 7.09. The van der Waals surface area contributed by atoms with Gasteiger partial charge in [0.25, 0.3) is 0 Å². The Kier molecular flexibility index (Phi) is 5.21. The number of hydrogen-bond acceptors (Lipinski definition) is 2. The van der Waals surface area contributed by atoms with Crippen LogP contribution >= 0.6 is 0 Å². The van der Waals surface area contributed by atoms with Crippen molar-refractivity contribution in [3.8, 4) is 0 Å². The molecule has 0 aliphatic heterocycles. The van der Waals surface area contributed by atoms with Crippen LogP contribution in [-0.4, -0.2) is 19.1 Å². The minimum atomic E-state index is -0.0893. The molecule has 0 radical (unpaired) electrons. The lowest BCUT2D eigenvalue weighted by molar-refractivity contribution is 0.244. The zero-order chi connectivity index (χ0) is 13.5. The average molecular weight is 261 g/mol. The number of amides is 2. The van der Waals surface area contributed by atoms with Crippen molar-refractivity contribution >= 4 is 11.7 Å². The smallest absolute Gasteiger partial charge is 0.319 e. The summed E-state index contributed by atoms with van der Waals surface area (Å²) >= 11 is 0. The molecule has 19 heavy (non-hydrogen) atoms. The topological polar surface area (TPSA) is 53.2 Å². The highest BCUT2D eigenvalue weighted by Gasteiger charge is 2.15. The molecule has 1 aromatic carbocycles. The molecular formula is C15H23N3O. The Morgan fingerprint density at radius 1 is 1.26 bits per heavy atom. The minimum Gasteiger partial charge on any atom is -0.335 e. The number of nitrogens with one attached hydrogen (secondary N) is 3. The lowest BCUT2D eigenvalue weighted by atomic mass is 9.96. The summed E-state index contributed by atoms with van der Waals surface area (Å²) in [5.74, 6) is 0. The van der Waals surface area contributed by atoms with Gasteiger partial charge in [0.05, 0.1) is 0 Å². The van der Waals surface area contributed by atoms with E-state index in [-0.39, 0.29) is 6.03 Å². The standard InChI is InChI=1S/C15H23N3O/c1-16-11-12-6-5-9-14(10-12)18-15(19)17-13-7-3-2-4-8-13/h5-6,9-10,13,16H,2-4,7-8,11H2,1H3,(H2,17,18,19). The molecule has 0 heterocycles. The van der Waals surface area contributed by atoms with Crippen LogP contribution in [-0.2, 0) is 6.54 Å². The molecule has 2 rings (SSSR count). The Bertz CT molecular complexity index is 414. The van der Waals surface area contributed by atoms with Crippen molar-refractivity contribution in [2.45, 2.75) is 44.7 Å². The SMILES string of the molecule is CNCc1cccc(NC(=O)NC2CCCCC2)c1. The second kappa shape index (κ2) is 7.14. The molecular weight excluding hydrogens is 238 g/mol. The molecule has 0 atom stereocenters. The van der Waals surface area contributed by atoms with E-state index in [0.29, 0.717) is 6.04 Å². The lowest BCUT2D eigenvalue weighted by Crippen LogP contribution is -2.39. The van der Waals surface area contributed by atoms with Crippen LogP contribution in [0.4, 0.5) is 10.5 Å². The monoisotopic (exact) mass is 261 g/mol. The average Bonchev–Trinajstić information content (AvgIpc) is 2.40. The highest BCUT2D eigenvalue weighted by Crippen LogP contribution is 2.17. The summed E-state index contributed by atoms with van der Waals surface area (Å²) in [5.41, 5.74) is 2.01. The van der Waals surface area contributed by atoms with Gasteiger partial charge in [-0.05, 0) is 37.6 Å². The Hall–Kier alpha value is -1.55. The van der Waals surface area contributed by atoms with Crippen molar-refractivity contribution in [3.63, 3.8) is 0 Å². The van der Waals surface area contributed by atoms with Gasteiger partial charge in [-0.15, -0.1) is 0 Å². The van der Waals surface area contributed by atoms with E-state index in [2.05, 4.69) is 16.0 Å². The van der Waals surface area contributed by atoms with Gasteiger partial charge in [0.2, 0.25) is 0 Å².